The molecular weight excluding hydrogens is 458 g/mol. The summed E-state index contributed by atoms with van der Waals surface area (Å²) in [7, 11) is -3.74. The van der Waals surface area contributed by atoms with Crippen LogP contribution in [0.5, 0.6) is 0 Å². The average Bonchev–Trinajstić information content (AvgIpc) is 3.44. The summed E-state index contributed by atoms with van der Waals surface area (Å²) in [4.78, 5) is 27.1. The number of sulfonamides is 1. The van der Waals surface area contributed by atoms with Crippen molar-refractivity contribution in [3.8, 4) is 0 Å². The van der Waals surface area contributed by atoms with E-state index >= 15 is 0 Å². The van der Waals surface area contributed by atoms with Gasteiger partial charge in [0.1, 0.15) is 15.9 Å². The first-order chi connectivity index (χ1) is 14.9. The molecule has 2 amide bonds. The van der Waals surface area contributed by atoms with Crippen LogP contribution >= 0.6 is 23.1 Å². The van der Waals surface area contributed by atoms with E-state index in [4.69, 9.17) is 0 Å². The SMILES string of the molecule is CC(=O)NC(CC(=O)N1CCN(S(=O)(=O)c2cccc3nsnc23)CC1)c1cccs1. The number of carbonyl (C=O) groups excluding carboxylic acids is 2. The van der Waals surface area contributed by atoms with Crippen molar-refractivity contribution in [2.24, 2.45) is 0 Å². The number of aromatic nitrogens is 2. The van der Waals surface area contributed by atoms with Crippen LogP contribution in [-0.4, -0.2) is 64.4 Å². The predicted octanol–water partition coefficient (Wildman–Crippen LogP) is 1.85. The summed E-state index contributed by atoms with van der Waals surface area (Å²) in [5, 5.41) is 4.73. The highest BCUT2D eigenvalue weighted by atomic mass is 32.2. The maximum atomic E-state index is 13.1. The second-order valence-corrected chi connectivity index (χ2v) is 10.6. The number of rotatable bonds is 6. The number of amides is 2. The molecule has 3 aromatic rings. The highest BCUT2D eigenvalue weighted by Crippen LogP contribution is 2.26. The quantitative estimate of drug-likeness (QED) is 0.577. The van der Waals surface area contributed by atoms with Crippen molar-refractivity contribution in [3.63, 3.8) is 0 Å². The van der Waals surface area contributed by atoms with E-state index in [9.17, 15) is 18.0 Å². The van der Waals surface area contributed by atoms with E-state index in [2.05, 4.69) is 14.1 Å². The van der Waals surface area contributed by atoms with Gasteiger partial charge in [-0.15, -0.1) is 11.3 Å². The molecule has 1 atom stereocenters. The predicted molar refractivity (Wildman–Crippen MR) is 118 cm³/mol. The number of benzene rings is 1. The third kappa shape index (κ3) is 4.61. The summed E-state index contributed by atoms with van der Waals surface area (Å²) < 4.78 is 35.9. The van der Waals surface area contributed by atoms with Crippen molar-refractivity contribution < 1.29 is 18.0 Å². The Morgan fingerprint density at radius 1 is 1.13 bits per heavy atom. The summed E-state index contributed by atoms with van der Waals surface area (Å²) in [6, 6.07) is 8.30. The molecule has 12 heteroatoms. The molecule has 0 saturated carbocycles. The van der Waals surface area contributed by atoms with E-state index in [0.717, 1.165) is 16.6 Å². The van der Waals surface area contributed by atoms with Crippen molar-refractivity contribution in [2.45, 2.75) is 24.3 Å². The number of piperazine rings is 1. The summed E-state index contributed by atoms with van der Waals surface area (Å²) in [5.74, 6) is -0.317. The van der Waals surface area contributed by atoms with E-state index in [1.165, 1.54) is 28.6 Å². The molecule has 3 heterocycles. The first-order valence-corrected chi connectivity index (χ1v) is 12.7. The van der Waals surface area contributed by atoms with Crippen LogP contribution in [-0.2, 0) is 19.6 Å². The Bertz CT molecular complexity index is 1180. The molecule has 2 aromatic heterocycles. The van der Waals surface area contributed by atoms with Gasteiger partial charge in [0.25, 0.3) is 0 Å². The number of nitrogens with zero attached hydrogens (tertiary/aromatic N) is 4. The number of carbonyl (C=O) groups is 2. The molecule has 0 spiro atoms. The molecule has 31 heavy (non-hydrogen) atoms. The van der Waals surface area contributed by atoms with Gasteiger partial charge in [-0.2, -0.15) is 13.1 Å². The molecule has 164 valence electrons. The lowest BCUT2D eigenvalue weighted by molar-refractivity contribution is -0.133. The zero-order chi connectivity index (χ0) is 22.0. The molecule has 0 radical (unpaired) electrons. The Morgan fingerprint density at radius 3 is 2.58 bits per heavy atom. The van der Waals surface area contributed by atoms with Gasteiger partial charge in [-0.3, -0.25) is 9.59 Å². The monoisotopic (exact) mass is 479 g/mol. The Balaban J connectivity index is 1.42. The minimum Gasteiger partial charge on any atom is -0.348 e. The molecule has 1 N–H and O–H groups in total. The van der Waals surface area contributed by atoms with Gasteiger partial charge in [-0.1, -0.05) is 12.1 Å². The number of fused-ring (bicyclic) bond motifs is 1. The Kier molecular flexibility index (Phi) is 6.32. The Hall–Kier alpha value is -2.41. The second-order valence-electron chi connectivity index (χ2n) is 7.15. The highest BCUT2D eigenvalue weighted by molar-refractivity contribution is 7.89. The molecule has 1 saturated heterocycles. The van der Waals surface area contributed by atoms with Crippen LogP contribution < -0.4 is 5.32 Å². The second kappa shape index (κ2) is 8.99. The molecule has 1 fully saturated rings. The zero-order valence-corrected chi connectivity index (χ0v) is 19.2. The zero-order valence-electron chi connectivity index (χ0n) is 16.7. The number of thiophene rings is 1. The molecule has 1 aliphatic heterocycles. The van der Waals surface area contributed by atoms with Crippen LogP contribution in [0.4, 0.5) is 0 Å². The van der Waals surface area contributed by atoms with Gasteiger partial charge in [0.15, 0.2) is 0 Å². The highest BCUT2D eigenvalue weighted by Gasteiger charge is 2.32. The van der Waals surface area contributed by atoms with Crippen molar-refractivity contribution in [2.75, 3.05) is 26.2 Å². The van der Waals surface area contributed by atoms with Crippen LogP contribution in [0.25, 0.3) is 11.0 Å². The van der Waals surface area contributed by atoms with Crippen molar-refractivity contribution in [1.29, 1.82) is 0 Å². The molecule has 1 aromatic carbocycles. The third-order valence-electron chi connectivity index (χ3n) is 5.10. The molecule has 0 aliphatic carbocycles. The fourth-order valence-corrected chi connectivity index (χ4v) is 6.52. The summed E-state index contributed by atoms with van der Waals surface area (Å²) in [5.41, 5.74) is 0.928. The van der Waals surface area contributed by atoms with Gasteiger partial charge in [-0.25, -0.2) is 8.42 Å². The van der Waals surface area contributed by atoms with E-state index < -0.39 is 10.0 Å². The topological polar surface area (TPSA) is 113 Å². The Morgan fingerprint density at radius 2 is 1.90 bits per heavy atom. The molecular formula is C19H21N5O4S3. The van der Waals surface area contributed by atoms with E-state index in [1.54, 1.807) is 17.0 Å². The van der Waals surface area contributed by atoms with Gasteiger partial charge < -0.3 is 10.2 Å². The number of hydrogen-bond acceptors (Lipinski definition) is 8. The molecule has 9 nitrogen and oxygen atoms in total. The van der Waals surface area contributed by atoms with Gasteiger partial charge >= 0.3 is 0 Å². The summed E-state index contributed by atoms with van der Waals surface area (Å²) in [6.45, 7) is 2.41. The lowest BCUT2D eigenvalue weighted by Gasteiger charge is -2.34. The van der Waals surface area contributed by atoms with Gasteiger partial charge in [-0.05, 0) is 23.6 Å². The minimum absolute atomic E-state index is 0.116. The lowest BCUT2D eigenvalue weighted by atomic mass is 10.1. The van der Waals surface area contributed by atoms with Gasteiger partial charge in [0, 0.05) is 38.0 Å². The Labute approximate surface area is 188 Å². The third-order valence-corrected chi connectivity index (χ3v) is 8.56. The van der Waals surface area contributed by atoms with Crippen molar-refractivity contribution >= 4 is 55.9 Å². The van der Waals surface area contributed by atoms with Gasteiger partial charge in [0.05, 0.1) is 24.2 Å². The van der Waals surface area contributed by atoms with Crippen molar-refractivity contribution in [1.82, 2.24) is 23.3 Å². The van der Waals surface area contributed by atoms with Crippen LogP contribution in [0, 0.1) is 0 Å². The normalized spacial score (nSPS) is 16.4. The van der Waals surface area contributed by atoms with Crippen LogP contribution in [0.1, 0.15) is 24.3 Å². The summed E-state index contributed by atoms with van der Waals surface area (Å²) in [6.07, 6.45) is 0.136. The maximum Gasteiger partial charge on any atom is 0.245 e. The standard InChI is InChI=1S/C19H21N5O4S3/c1-13(25)20-15(16-5-3-11-29-16)12-18(26)23-7-9-24(10-8-23)31(27,28)17-6-2-4-14-19(17)22-30-21-14/h2-6,11,15H,7-10,12H2,1H3,(H,20,25). The fraction of sp³-hybridized carbons (Fsp3) is 0.368. The minimum atomic E-state index is -3.74. The van der Waals surface area contributed by atoms with E-state index in [1.807, 2.05) is 17.5 Å². The number of hydrogen-bond donors (Lipinski definition) is 1. The first-order valence-electron chi connectivity index (χ1n) is 9.66. The first kappa shape index (κ1) is 21.8. The largest absolute Gasteiger partial charge is 0.348 e. The molecule has 1 aliphatic rings. The smallest absolute Gasteiger partial charge is 0.245 e. The molecule has 0 bridgehead atoms. The average molecular weight is 480 g/mol. The number of nitrogens with one attached hydrogen (secondary N) is 1. The maximum absolute atomic E-state index is 13.1. The van der Waals surface area contributed by atoms with Crippen LogP contribution in [0.15, 0.2) is 40.6 Å². The molecule has 4 rings (SSSR count). The van der Waals surface area contributed by atoms with E-state index in [-0.39, 0.29) is 42.3 Å². The van der Waals surface area contributed by atoms with Crippen molar-refractivity contribution in [3.05, 3.63) is 40.6 Å². The summed E-state index contributed by atoms with van der Waals surface area (Å²) >= 11 is 2.46. The fourth-order valence-electron chi connectivity index (χ4n) is 3.57. The van der Waals surface area contributed by atoms with Crippen LogP contribution in [0.3, 0.4) is 0 Å². The van der Waals surface area contributed by atoms with Crippen LogP contribution in [0.2, 0.25) is 0 Å². The lowest BCUT2D eigenvalue weighted by Crippen LogP contribution is -2.51. The van der Waals surface area contributed by atoms with E-state index in [0.29, 0.717) is 24.1 Å². The van der Waals surface area contributed by atoms with Gasteiger partial charge in [0.2, 0.25) is 21.8 Å². The molecule has 1 unspecified atom stereocenters.